The number of nitrogens with zero attached hydrogens (tertiary/aromatic N) is 1. The summed E-state index contributed by atoms with van der Waals surface area (Å²) in [6, 6.07) is 2.33. The lowest BCUT2D eigenvalue weighted by Gasteiger charge is -2.25. The van der Waals surface area contributed by atoms with E-state index in [0.29, 0.717) is 0 Å². The molecule has 0 saturated carbocycles. The maximum atomic E-state index is 5.55. The fourth-order valence-corrected chi connectivity index (χ4v) is 3.06. The lowest BCUT2D eigenvalue weighted by Crippen LogP contribution is -2.28. The van der Waals surface area contributed by atoms with Crippen LogP contribution in [-0.2, 0) is 13.0 Å². The van der Waals surface area contributed by atoms with Crippen molar-refractivity contribution in [3.05, 3.63) is 21.9 Å². The normalized spacial score (nSPS) is 18.2. The first-order valence-electron chi connectivity index (χ1n) is 5.87. The maximum absolute atomic E-state index is 5.55. The third kappa shape index (κ3) is 3.30. The van der Waals surface area contributed by atoms with E-state index >= 15 is 0 Å². The Kier molecular flexibility index (Phi) is 4.18. The van der Waals surface area contributed by atoms with Gasteiger partial charge in [-0.05, 0) is 55.9 Å². The van der Waals surface area contributed by atoms with Crippen molar-refractivity contribution in [3.8, 4) is 0 Å². The SMILES string of the molecule is NCCc1cc(CN2CCCCC2)cs1. The first-order chi connectivity index (χ1) is 7.38. The zero-order valence-corrected chi connectivity index (χ0v) is 10.1. The van der Waals surface area contributed by atoms with Gasteiger partial charge in [-0.2, -0.15) is 0 Å². The van der Waals surface area contributed by atoms with Crippen LogP contribution in [0.25, 0.3) is 0 Å². The highest BCUT2D eigenvalue weighted by Crippen LogP contribution is 2.18. The minimum atomic E-state index is 0.768. The van der Waals surface area contributed by atoms with Gasteiger partial charge in [0.15, 0.2) is 0 Å². The van der Waals surface area contributed by atoms with Crippen molar-refractivity contribution in [2.24, 2.45) is 5.73 Å². The molecule has 1 saturated heterocycles. The molecule has 0 aliphatic carbocycles. The molecule has 1 aliphatic rings. The summed E-state index contributed by atoms with van der Waals surface area (Å²) in [5.41, 5.74) is 7.03. The molecule has 15 heavy (non-hydrogen) atoms. The summed E-state index contributed by atoms with van der Waals surface area (Å²) >= 11 is 1.86. The van der Waals surface area contributed by atoms with E-state index in [-0.39, 0.29) is 0 Å². The molecule has 2 heterocycles. The smallest absolute Gasteiger partial charge is 0.0242 e. The Labute approximate surface area is 96.1 Å². The zero-order chi connectivity index (χ0) is 10.5. The molecular weight excluding hydrogens is 204 g/mol. The first-order valence-corrected chi connectivity index (χ1v) is 6.75. The van der Waals surface area contributed by atoms with E-state index in [1.165, 1.54) is 42.8 Å². The van der Waals surface area contributed by atoms with Gasteiger partial charge in [0, 0.05) is 11.4 Å². The van der Waals surface area contributed by atoms with Crippen molar-refractivity contribution in [2.45, 2.75) is 32.2 Å². The highest BCUT2D eigenvalue weighted by molar-refractivity contribution is 7.10. The van der Waals surface area contributed by atoms with Crippen LogP contribution in [0.15, 0.2) is 11.4 Å². The summed E-state index contributed by atoms with van der Waals surface area (Å²) in [5, 5.41) is 2.29. The minimum absolute atomic E-state index is 0.768. The van der Waals surface area contributed by atoms with Gasteiger partial charge in [-0.3, -0.25) is 4.90 Å². The summed E-state index contributed by atoms with van der Waals surface area (Å²) in [6.07, 6.45) is 5.20. The molecule has 0 aromatic carbocycles. The van der Waals surface area contributed by atoms with Gasteiger partial charge in [0.1, 0.15) is 0 Å². The van der Waals surface area contributed by atoms with Crippen LogP contribution in [0, 0.1) is 0 Å². The molecule has 1 aliphatic heterocycles. The molecule has 2 rings (SSSR count). The van der Waals surface area contributed by atoms with E-state index in [4.69, 9.17) is 5.73 Å². The number of likely N-dealkylation sites (tertiary alicyclic amines) is 1. The number of rotatable bonds is 4. The van der Waals surface area contributed by atoms with E-state index in [2.05, 4.69) is 16.3 Å². The van der Waals surface area contributed by atoms with E-state index in [1.807, 2.05) is 11.3 Å². The van der Waals surface area contributed by atoms with E-state index in [1.54, 1.807) is 0 Å². The van der Waals surface area contributed by atoms with Gasteiger partial charge in [-0.15, -0.1) is 11.3 Å². The Balaban J connectivity index is 1.86. The van der Waals surface area contributed by atoms with Gasteiger partial charge in [-0.25, -0.2) is 0 Å². The number of hydrogen-bond donors (Lipinski definition) is 1. The fourth-order valence-electron chi connectivity index (χ4n) is 2.16. The van der Waals surface area contributed by atoms with Gasteiger partial charge < -0.3 is 5.73 Å². The molecule has 2 nitrogen and oxygen atoms in total. The molecule has 0 unspecified atom stereocenters. The van der Waals surface area contributed by atoms with Crippen LogP contribution in [0.5, 0.6) is 0 Å². The summed E-state index contributed by atoms with van der Waals surface area (Å²) in [4.78, 5) is 4.00. The summed E-state index contributed by atoms with van der Waals surface area (Å²) < 4.78 is 0. The van der Waals surface area contributed by atoms with E-state index < -0.39 is 0 Å². The quantitative estimate of drug-likeness (QED) is 0.850. The molecular formula is C12H20N2S. The van der Waals surface area contributed by atoms with E-state index in [9.17, 15) is 0 Å². The van der Waals surface area contributed by atoms with Crippen molar-refractivity contribution in [3.63, 3.8) is 0 Å². The number of thiophene rings is 1. The fraction of sp³-hybridized carbons (Fsp3) is 0.667. The van der Waals surface area contributed by atoms with Crippen molar-refractivity contribution in [2.75, 3.05) is 19.6 Å². The number of nitrogens with two attached hydrogens (primary N) is 1. The van der Waals surface area contributed by atoms with Crippen LogP contribution in [0.1, 0.15) is 29.7 Å². The minimum Gasteiger partial charge on any atom is -0.330 e. The third-order valence-electron chi connectivity index (χ3n) is 2.95. The predicted octanol–water partition coefficient (Wildman–Crippen LogP) is 2.24. The van der Waals surface area contributed by atoms with Crippen LogP contribution < -0.4 is 5.73 Å². The van der Waals surface area contributed by atoms with Crippen molar-refractivity contribution in [1.82, 2.24) is 4.90 Å². The van der Waals surface area contributed by atoms with Crippen molar-refractivity contribution in [1.29, 1.82) is 0 Å². The summed E-state index contributed by atoms with van der Waals surface area (Å²) in [6.45, 7) is 4.47. The Bertz CT molecular complexity index is 290. The van der Waals surface area contributed by atoms with Crippen molar-refractivity contribution < 1.29 is 0 Å². The second-order valence-corrected chi connectivity index (χ2v) is 5.29. The zero-order valence-electron chi connectivity index (χ0n) is 9.24. The molecule has 0 bridgehead atoms. The predicted molar refractivity (Wildman–Crippen MR) is 66.2 cm³/mol. The van der Waals surface area contributed by atoms with Crippen LogP contribution >= 0.6 is 11.3 Å². The monoisotopic (exact) mass is 224 g/mol. The lowest BCUT2D eigenvalue weighted by atomic mass is 10.1. The molecule has 84 valence electrons. The average molecular weight is 224 g/mol. The molecule has 3 heteroatoms. The third-order valence-corrected chi connectivity index (χ3v) is 4.00. The van der Waals surface area contributed by atoms with Gasteiger partial charge in [0.25, 0.3) is 0 Å². The highest BCUT2D eigenvalue weighted by Gasteiger charge is 2.10. The van der Waals surface area contributed by atoms with Gasteiger partial charge in [0.05, 0.1) is 0 Å². The highest BCUT2D eigenvalue weighted by atomic mass is 32.1. The standard InChI is InChI=1S/C12H20N2S/c13-5-4-12-8-11(10-15-12)9-14-6-2-1-3-7-14/h8,10H,1-7,9,13H2. The Morgan fingerprint density at radius 2 is 2.07 bits per heavy atom. The van der Waals surface area contributed by atoms with Gasteiger partial charge in [-0.1, -0.05) is 6.42 Å². The number of hydrogen-bond acceptors (Lipinski definition) is 3. The lowest BCUT2D eigenvalue weighted by molar-refractivity contribution is 0.221. The first kappa shape index (κ1) is 11.1. The largest absolute Gasteiger partial charge is 0.330 e. The Morgan fingerprint density at radius 1 is 1.27 bits per heavy atom. The maximum Gasteiger partial charge on any atom is 0.0242 e. The molecule has 0 radical (unpaired) electrons. The van der Waals surface area contributed by atoms with Crippen molar-refractivity contribution >= 4 is 11.3 Å². The second kappa shape index (κ2) is 5.64. The molecule has 1 aromatic rings. The number of piperidine rings is 1. The van der Waals surface area contributed by atoms with Gasteiger partial charge in [0.2, 0.25) is 0 Å². The van der Waals surface area contributed by atoms with Crippen LogP contribution in [0.4, 0.5) is 0 Å². The van der Waals surface area contributed by atoms with Gasteiger partial charge >= 0.3 is 0 Å². The van der Waals surface area contributed by atoms with Crippen LogP contribution in [0.3, 0.4) is 0 Å². The molecule has 1 aromatic heterocycles. The summed E-state index contributed by atoms with van der Waals surface area (Å²) in [5.74, 6) is 0. The molecule has 0 atom stereocenters. The molecule has 0 spiro atoms. The van der Waals surface area contributed by atoms with Crippen LogP contribution in [-0.4, -0.2) is 24.5 Å². The van der Waals surface area contributed by atoms with E-state index in [0.717, 1.165) is 19.5 Å². The topological polar surface area (TPSA) is 29.3 Å². The average Bonchev–Trinajstić information content (AvgIpc) is 2.68. The second-order valence-electron chi connectivity index (χ2n) is 4.30. The molecule has 0 amide bonds. The Morgan fingerprint density at radius 3 is 2.80 bits per heavy atom. The molecule has 2 N–H and O–H groups in total. The Hall–Kier alpha value is -0.380. The summed E-state index contributed by atoms with van der Waals surface area (Å²) in [7, 11) is 0. The molecule has 1 fully saturated rings. The van der Waals surface area contributed by atoms with Crippen LogP contribution in [0.2, 0.25) is 0 Å².